The van der Waals surface area contributed by atoms with Crippen molar-refractivity contribution in [3.63, 3.8) is 0 Å². The second-order valence-corrected chi connectivity index (χ2v) is 7.04. The van der Waals surface area contributed by atoms with Gasteiger partial charge in [0.2, 0.25) is 5.91 Å². The summed E-state index contributed by atoms with van der Waals surface area (Å²) in [6.45, 7) is 1.55. The van der Waals surface area contributed by atoms with Gasteiger partial charge in [0, 0.05) is 10.5 Å². The highest BCUT2D eigenvalue weighted by Crippen LogP contribution is 2.38. The maximum Gasteiger partial charge on any atom is 0.241 e. The van der Waals surface area contributed by atoms with E-state index in [9.17, 15) is 13.2 Å². The Morgan fingerprint density at radius 2 is 2.22 bits per heavy atom. The third-order valence-corrected chi connectivity index (χ3v) is 5.43. The molecule has 0 aliphatic carbocycles. The molecule has 98 valence electrons. The Hall–Kier alpha value is -0.920. The van der Waals surface area contributed by atoms with E-state index < -0.39 is 15.9 Å². The monoisotopic (exact) mass is 332 g/mol. The van der Waals surface area contributed by atoms with Gasteiger partial charge in [-0.15, -0.1) is 0 Å². The minimum Gasteiger partial charge on any atom is -0.322 e. The lowest BCUT2D eigenvalue weighted by atomic mass is 10.2. The molecule has 1 amide bonds. The summed E-state index contributed by atoms with van der Waals surface area (Å²) < 4.78 is 24.8. The quantitative estimate of drug-likeness (QED) is 0.829. The fraction of sp³-hybridized carbons (Fsp3) is 0.364. The van der Waals surface area contributed by atoms with Gasteiger partial charge in [-0.05, 0) is 35.0 Å². The van der Waals surface area contributed by atoms with Crippen molar-refractivity contribution in [2.45, 2.75) is 17.9 Å². The number of nitrogens with two attached hydrogens (primary N) is 1. The minimum absolute atomic E-state index is 0.0812. The van der Waals surface area contributed by atoms with Crippen LogP contribution in [0.25, 0.3) is 0 Å². The first-order valence-electron chi connectivity index (χ1n) is 5.42. The van der Waals surface area contributed by atoms with Crippen LogP contribution in [0.4, 0.5) is 5.69 Å². The minimum atomic E-state index is -3.35. The smallest absolute Gasteiger partial charge is 0.241 e. The Bertz CT molecular complexity index is 600. The first kappa shape index (κ1) is 13.5. The van der Waals surface area contributed by atoms with Crippen LogP contribution < -0.4 is 10.6 Å². The second-order valence-electron chi connectivity index (χ2n) is 4.18. The van der Waals surface area contributed by atoms with Crippen LogP contribution in [-0.2, 0) is 14.6 Å². The SMILES string of the molecule is CC1CS(=O)(=O)c2cccc(Br)c2N1C(=O)CN. The number of benzene rings is 1. The van der Waals surface area contributed by atoms with Gasteiger partial charge in [-0.25, -0.2) is 8.42 Å². The molecule has 0 fully saturated rings. The summed E-state index contributed by atoms with van der Waals surface area (Å²) in [4.78, 5) is 13.5. The maximum absolute atomic E-state index is 12.1. The number of anilines is 1. The standard InChI is InChI=1S/C11H13BrN2O3S/c1-7-6-18(16,17)9-4-2-3-8(12)11(9)14(7)10(15)5-13/h2-4,7H,5-6,13H2,1H3. The Morgan fingerprint density at radius 3 is 2.83 bits per heavy atom. The fourth-order valence-electron chi connectivity index (χ4n) is 2.15. The zero-order valence-electron chi connectivity index (χ0n) is 9.76. The largest absolute Gasteiger partial charge is 0.322 e. The molecule has 1 aliphatic heterocycles. The number of fused-ring (bicyclic) bond motifs is 1. The van der Waals surface area contributed by atoms with Gasteiger partial charge in [-0.1, -0.05) is 6.07 Å². The van der Waals surface area contributed by atoms with Crippen LogP contribution in [0.3, 0.4) is 0 Å². The van der Waals surface area contributed by atoms with Gasteiger partial charge in [-0.2, -0.15) is 0 Å². The molecule has 1 aromatic rings. The number of carbonyl (C=O) groups is 1. The molecule has 18 heavy (non-hydrogen) atoms. The highest BCUT2D eigenvalue weighted by molar-refractivity contribution is 9.10. The Balaban J connectivity index is 2.72. The number of hydrogen-bond acceptors (Lipinski definition) is 4. The molecular weight excluding hydrogens is 320 g/mol. The summed E-state index contributed by atoms with van der Waals surface area (Å²) in [6, 6.07) is 4.44. The van der Waals surface area contributed by atoms with Gasteiger partial charge < -0.3 is 10.6 Å². The van der Waals surface area contributed by atoms with Crippen molar-refractivity contribution in [1.29, 1.82) is 0 Å². The topological polar surface area (TPSA) is 80.5 Å². The van der Waals surface area contributed by atoms with Gasteiger partial charge in [0.25, 0.3) is 0 Å². The number of hydrogen-bond donors (Lipinski definition) is 1. The van der Waals surface area contributed by atoms with Crippen LogP contribution in [0.2, 0.25) is 0 Å². The van der Waals surface area contributed by atoms with E-state index in [4.69, 9.17) is 5.73 Å². The van der Waals surface area contributed by atoms with Crippen LogP contribution in [0.5, 0.6) is 0 Å². The number of sulfone groups is 1. The summed E-state index contributed by atoms with van der Waals surface area (Å²) in [7, 11) is -3.35. The van der Waals surface area contributed by atoms with Crippen molar-refractivity contribution in [3.05, 3.63) is 22.7 Å². The predicted molar refractivity (Wildman–Crippen MR) is 72.2 cm³/mol. The molecule has 0 saturated heterocycles. The Morgan fingerprint density at radius 1 is 1.56 bits per heavy atom. The van der Waals surface area contributed by atoms with Crippen molar-refractivity contribution in [2.75, 3.05) is 17.2 Å². The first-order valence-corrected chi connectivity index (χ1v) is 7.86. The summed E-state index contributed by atoms with van der Waals surface area (Å²) in [5, 5.41) is 0. The normalized spacial score (nSPS) is 21.5. The number of rotatable bonds is 1. The average molecular weight is 333 g/mol. The Kier molecular flexibility index (Phi) is 3.48. The number of para-hydroxylation sites is 1. The second kappa shape index (κ2) is 4.64. The first-order chi connectivity index (χ1) is 8.38. The summed E-state index contributed by atoms with van der Waals surface area (Å²) in [5.41, 5.74) is 5.78. The molecule has 1 aromatic carbocycles. The lowest BCUT2D eigenvalue weighted by molar-refractivity contribution is -0.117. The lowest BCUT2D eigenvalue weighted by Crippen LogP contribution is -2.49. The lowest BCUT2D eigenvalue weighted by Gasteiger charge is -2.35. The van der Waals surface area contributed by atoms with E-state index in [1.165, 1.54) is 11.0 Å². The van der Waals surface area contributed by atoms with Crippen molar-refractivity contribution in [3.8, 4) is 0 Å². The van der Waals surface area contributed by atoms with Crippen molar-refractivity contribution in [2.24, 2.45) is 5.73 Å². The van der Waals surface area contributed by atoms with E-state index in [0.29, 0.717) is 10.2 Å². The van der Waals surface area contributed by atoms with E-state index in [0.717, 1.165) is 0 Å². The van der Waals surface area contributed by atoms with Crippen LogP contribution in [0, 0.1) is 0 Å². The molecule has 1 aliphatic rings. The maximum atomic E-state index is 12.1. The van der Waals surface area contributed by atoms with Gasteiger partial charge >= 0.3 is 0 Å². The van der Waals surface area contributed by atoms with Crippen molar-refractivity contribution < 1.29 is 13.2 Å². The highest BCUT2D eigenvalue weighted by Gasteiger charge is 2.37. The van der Waals surface area contributed by atoms with E-state index >= 15 is 0 Å². The molecule has 7 heteroatoms. The van der Waals surface area contributed by atoms with E-state index in [1.54, 1.807) is 19.1 Å². The molecule has 1 heterocycles. The van der Waals surface area contributed by atoms with Crippen LogP contribution in [0.15, 0.2) is 27.6 Å². The van der Waals surface area contributed by atoms with Crippen LogP contribution in [-0.4, -0.2) is 32.7 Å². The van der Waals surface area contributed by atoms with Crippen LogP contribution in [0.1, 0.15) is 6.92 Å². The highest BCUT2D eigenvalue weighted by atomic mass is 79.9. The summed E-state index contributed by atoms with van der Waals surface area (Å²) in [5.74, 6) is -0.368. The van der Waals surface area contributed by atoms with Gasteiger partial charge in [-0.3, -0.25) is 4.79 Å². The van der Waals surface area contributed by atoms with Gasteiger partial charge in [0.15, 0.2) is 9.84 Å². The third-order valence-electron chi connectivity index (χ3n) is 2.87. The molecule has 0 spiro atoms. The zero-order valence-corrected chi connectivity index (χ0v) is 12.2. The van der Waals surface area contributed by atoms with E-state index in [1.807, 2.05) is 0 Å². The average Bonchev–Trinajstić information content (AvgIpc) is 2.29. The number of amides is 1. The van der Waals surface area contributed by atoms with E-state index in [-0.39, 0.29) is 23.1 Å². The molecule has 5 nitrogen and oxygen atoms in total. The molecule has 2 rings (SSSR count). The molecule has 0 aromatic heterocycles. The summed E-state index contributed by atoms with van der Waals surface area (Å²) >= 11 is 3.30. The summed E-state index contributed by atoms with van der Waals surface area (Å²) in [6.07, 6.45) is 0. The van der Waals surface area contributed by atoms with Gasteiger partial charge in [0.05, 0.1) is 22.9 Å². The third kappa shape index (κ3) is 2.06. The molecular formula is C11H13BrN2O3S. The molecule has 1 unspecified atom stereocenters. The fourth-order valence-corrected chi connectivity index (χ4v) is 4.59. The molecule has 0 radical (unpaired) electrons. The molecule has 0 bridgehead atoms. The molecule has 0 saturated carbocycles. The number of nitrogens with zero attached hydrogens (tertiary/aromatic N) is 1. The van der Waals surface area contributed by atoms with Crippen molar-refractivity contribution in [1.82, 2.24) is 0 Å². The predicted octanol–water partition coefficient (Wildman–Crippen LogP) is 0.917. The molecule has 1 atom stereocenters. The molecule has 2 N–H and O–H groups in total. The van der Waals surface area contributed by atoms with E-state index in [2.05, 4.69) is 15.9 Å². The van der Waals surface area contributed by atoms with Crippen LogP contribution >= 0.6 is 15.9 Å². The number of halogens is 1. The number of carbonyl (C=O) groups excluding carboxylic acids is 1. The Labute approximate surface area is 114 Å². The van der Waals surface area contributed by atoms with Gasteiger partial charge in [0.1, 0.15) is 0 Å². The van der Waals surface area contributed by atoms with Crippen molar-refractivity contribution >= 4 is 37.4 Å². The zero-order chi connectivity index (χ0) is 13.5.